The summed E-state index contributed by atoms with van der Waals surface area (Å²) in [4.78, 5) is 22.5. The number of aryl methyl sites for hydroxylation is 1. The Bertz CT molecular complexity index is 737. The topological polar surface area (TPSA) is 99.3 Å². The van der Waals surface area contributed by atoms with Crippen molar-refractivity contribution in [1.82, 2.24) is 15.1 Å². The number of aromatic nitrogens is 2. The summed E-state index contributed by atoms with van der Waals surface area (Å²) in [6.07, 6.45) is 0. The summed E-state index contributed by atoms with van der Waals surface area (Å²) in [5, 5.41) is 18.0. The maximum atomic E-state index is 11.9. The monoisotopic (exact) mass is 332 g/mol. The van der Waals surface area contributed by atoms with Crippen molar-refractivity contribution in [2.24, 2.45) is 0 Å². The van der Waals surface area contributed by atoms with E-state index in [4.69, 9.17) is 4.74 Å². The van der Waals surface area contributed by atoms with Crippen LogP contribution in [0.3, 0.4) is 0 Å². The third-order valence-corrected chi connectivity index (χ3v) is 3.67. The predicted molar refractivity (Wildman–Crippen MR) is 88.1 cm³/mol. The highest BCUT2D eigenvalue weighted by molar-refractivity contribution is 5.94. The number of rotatable bonds is 7. The summed E-state index contributed by atoms with van der Waals surface area (Å²) < 4.78 is 6.48. The summed E-state index contributed by atoms with van der Waals surface area (Å²) in [6, 6.07) is 7.07. The van der Waals surface area contributed by atoms with Crippen LogP contribution in [0.25, 0.3) is 0 Å². The first-order chi connectivity index (χ1) is 11.4. The minimum absolute atomic E-state index is 0.0455. The van der Waals surface area contributed by atoms with Gasteiger partial charge in [-0.25, -0.2) is 0 Å². The molecule has 0 fully saturated rings. The van der Waals surface area contributed by atoms with Crippen LogP contribution in [0.15, 0.2) is 24.3 Å². The molecule has 8 heteroatoms. The fourth-order valence-electron chi connectivity index (χ4n) is 2.41. The van der Waals surface area contributed by atoms with Gasteiger partial charge in [0.2, 0.25) is 0 Å². The number of methoxy groups -OCH3 is 1. The van der Waals surface area contributed by atoms with Crippen molar-refractivity contribution < 1.29 is 14.5 Å². The van der Waals surface area contributed by atoms with Crippen molar-refractivity contribution in [1.29, 1.82) is 0 Å². The standard InChI is InChI=1S/C16H20N4O4/c1-11-15(20(22)23)12(2)19(18-11)10-13-4-6-14(7-5-13)16(21)17-8-9-24-3/h4-7H,8-10H2,1-3H3,(H,17,21). The van der Waals surface area contributed by atoms with Crippen LogP contribution in [0.5, 0.6) is 0 Å². The number of hydrogen-bond donors (Lipinski definition) is 1. The van der Waals surface area contributed by atoms with Gasteiger partial charge in [0.25, 0.3) is 5.91 Å². The zero-order valence-corrected chi connectivity index (χ0v) is 13.9. The first-order valence-corrected chi connectivity index (χ1v) is 7.48. The molecule has 2 aromatic rings. The van der Waals surface area contributed by atoms with Gasteiger partial charge in [-0.15, -0.1) is 0 Å². The molecule has 0 spiro atoms. The van der Waals surface area contributed by atoms with Crippen LogP contribution in [0.2, 0.25) is 0 Å². The van der Waals surface area contributed by atoms with E-state index in [1.54, 1.807) is 37.8 Å². The van der Waals surface area contributed by atoms with Gasteiger partial charge in [-0.2, -0.15) is 5.10 Å². The van der Waals surface area contributed by atoms with Crippen molar-refractivity contribution in [2.75, 3.05) is 20.3 Å². The molecule has 1 aromatic carbocycles. The van der Waals surface area contributed by atoms with Crippen LogP contribution in [0.4, 0.5) is 5.69 Å². The Morgan fingerprint density at radius 2 is 2.00 bits per heavy atom. The summed E-state index contributed by atoms with van der Waals surface area (Å²) in [5.41, 5.74) is 2.41. The molecule has 1 amide bonds. The number of nitro groups is 1. The third kappa shape index (κ3) is 3.96. The van der Waals surface area contributed by atoms with Crippen LogP contribution in [-0.4, -0.2) is 40.9 Å². The number of nitrogens with one attached hydrogen (secondary N) is 1. The molecule has 0 aliphatic heterocycles. The molecule has 0 aliphatic rings. The maximum absolute atomic E-state index is 11.9. The summed E-state index contributed by atoms with van der Waals surface area (Å²) in [6.45, 7) is 4.62. The van der Waals surface area contributed by atoms with Crippen molar-refractivity contribution in [3.05, 3.63) is 56.9 Å². The first kappa shape index (κ1) is 17.6. The van der Waals surface area contributed by atoms with Crippen LogP contribution < -0.4 is 5.32 Å². The Labute approximate surface area is 139 Å². The molecule has 0 saturated carbocycles. The Balaban J connectivity index is 2.08. The smallest absolute Gasteiger partial charge is 0.312 e. The predicted octanol–water partition coefficient (Wildman–Crippen LogP) is 1.83. The van der Waals surface area contributed by atoms with E-state index in [2.05, 4.69) is 10.4 Å². The molecule has 8 nitrogen and oxygen atoms in total. The summed E-state index contributed by atoms with van der Waals surface area (Å²) in [5.74, 6) is -0.166. The fraction of sp³-hybridized carbons (Fsp3) is 0.375. The SMILES string of the molecule is COCCNC(=O)c1ccc(Cn2nc(C)c([N+](=O)[O-])c2C)cc1. The third-order valence-electron chi connectivity index (χ3n) is 3.67. The van der Waals surface area contributed by atoms with Crippen molar-refractivity contribution in [3.8, 4) is 0 Å². The quantitative estimate of drug-likeness (QED) is 0.474. The zero-order chi connectivity index (χ0) is 17.7. The number of hydrogen-bond acceptors (Lipinski definition) is 5. The number of ether oxygens (including phenoxy) is 1. The molecule has 128 valence electrons. The molecule has 1 aromatic heterocycles. The van der Waals surface area contributed by atoms with Gasteiger partial charge >= 0.3 is 5.69 Å². The summed E-state index contributed by atoms with van der Waals surface area (Å²) in [7, 11) is 1.57. The van der Waals surface area contributed by atoms with Crippen LogP contribution >= 0.6 is 0 Å². The van der Waals surface area contributed by atoms with Gasteiger partial charge in [0.15, 0.2) is 0 Å². The minimum atomic E-state index is -0.415. The number of benzene rings is 1. The average molecular weight is 332 g/mol. The molecular weight excluding hydrogens is 312 g/mol. The summed E-state index contributed by atoms with van der Waals surface area (Å²) >= 11 is 0. The van der Waals surface area contributed by atoms with Crippen molar-refractivity contribution in [3.63, 3.8) is 0 Å². The molecule has 0 radical (unpaired) electrons. The van der Waals surface area contributed by atoms with Gasteiger partial charge in [-0.1, -0.05) is 12.1 Å². The number of carbonyl (C=O) groups is 1. The molecule has 0 unspecified atom stereocenters. The van der Waals surface area contributed by atoms with Gasteiger partial charge in [-0.3, -0.25) is 19.6 Å². The van der Waals surface area contributed by atoms with E-state index < -0.39 is 4.92 Å². The first-order valence-electron chi connectivity index (χ1n) is 7.48. The number of nitrogens with zero attached hydrogens (tertiary/aromatic N) is 3. The van der Waals surface area contributed by atoms with Crippen LogP contribution in [0.1, 0.15) is 27.3 Å². The van der Waals surface area contributed by atoms with E-state index in [1.165, 1.54) is 0 Å². The Morgan fingerprint density at radius 1 is 1.33 bits per heavy atom. The largest absolute Gasteiger partial charge is 0.383 e. The highest BCUT2D eigenvalue weighted by Crippen LogP contribution is 2.22. The van der Waals surface area contributed by atoms with E-state index in [9.17, 15) is 14.9 Å². The van der Waals surface area contributed by atoms with Crippen molar-refractivity contribution in [2.45, 2.75) is 20.4 Å². The van der Waals surface area contributed by atoms with Gasteiger partial charge in [0.1, 0.15) is 11.4 Å². The van der Waals surface area contributed by atoms with Gasteiger partial charge in [-0.05, 0) is 31.5 Å². The zero-order valence-electron chi connectivity index (χ0n) is 13.9. The Morgan fingerprint density at radius 3 is 2.54 bits per heavy atom. The Kier molecular flexibility index (Phi) is 5.64. The molecule has 2 rings (SSSR count). The normalized spacial score (nSPS) is 10.6. The molecule has 1 N–H and O–H groups in total. The maximum Gasteiger partial charge on any atom is 0.312 e. The van der Waals surface area contributed by atoms with Gasteiger partial charge in [0.05, 0.1) is 18.1 Å². The van der Waals surface area contributed by atoms with E-state index in [0.29, 0.717) is 36.6 Å². The molecule has 0 atom stereocenters. The second-order valence-electron chi connectivity index (χ2n) is 5.38. The number of carbonyl (C=O) groups excluding carboxylic acids is 1. The lowest BCUT2D eigenvalue weighted by atomic mass is 10.1. The van der Waals surface area contributed by atoms with E-state index in [1.807, 2.05) is 12.1 Å². The molecule has 24 heavy (non-hydrogen) atoms. The molecule has 0 bridgehead atoms. The second-order valence-corrected chi connectivity index (χ2v) is 5.38. The van der Waals surface area contributed by atoms with E-state index in [-0.39, 0.29) is 11.6 Å². The molecular formula is C16H20N4O4. The van der Waals surface area contributed by atoms with Gasteiger partial charge in [0, 0.05) is 19.2 Å². The highest BCUT2D eigenvalue weighted by atomic mass is 16.6. The van der Waals surface area contributed by atoms with Crippen molar-refractivity contribution >= 4 is 11.6 Å². The number of amides is 1. The molecule has 0 aliphatic carbocycles. The lowest BCUT2D eigenvalue weighted by Gasteiger charge is -2.07. The lowest BCUT2D eigenvalue weighted by Crippen LogP contribution is -2.26. The van der Waals surface area contributed by atoms with E-state index >= 15 is 0 Å². The molecule has 1 heterocycles. The molecule has 0 saturated heterocycles. The lowest BCUT2D eigenvalue weighted by molar-refractivity contribution is -0.386. The second kappa shape index (κ2) is 7.69. The van der Waals surface area contributed by atoms with Crippen LogP contribution in [-0.2, 0) is 11.3 Å². The highest BCUT2D eigenvalue weighted by Gasteiger charge is 2.21. The van der Waals surface area contributed by atoms with Crippen LogP contribution in [0, 0.1) is 24.0 Å². The minimum Gasteiger partial charge on any atom is -0.383 e. The van der Waals surface area contributed by atoms with E-state index in [0.717, 1.165) is 5.56 Å². The Hall–Kier alpha value is -2.74. The fourth-order valence-corrected chi connectivity index (χ4v) is 2.41. The van der Waals surface area contributed by atoms with Gasteiger partial charge < -0.3 is 10.1 Å². The average Bonchev–Trinajstić information content (AvgIpc) is 2.82.